The molecule has 0 spiro atoms. The van der Waals surface area contributed by atoms with Crippen LogP contribution in [0.4, 0.5) is 0 Å². The summed E-state index contributed by atoms with van der Waals surface area (Å²) in [6, 6.07) is 0. The molecule has 0 fully saturated rings. The molecule has 0 aliphatic rings. The number of thiazole rings is 1. The molecule has 0 aliphatic carbocycles. The summed E-state index contributed by atoms with van der Waals surface area (Å²) in [7, 11) is 0. The number of carbonyl (C=O) groups is 1. The predicted molar refractivity (Wildman–Crippen MR) is 73.8 cm³/mol. The lowest BCUT2D eigenvalue weighted by Gasteiger charge is -2.02. The molecule has 0 unspecified atom stereocenters. The number of nitrogens with one attached hydrogen (secondary N) is 1. The zero-order valence-corrected chi connectivity index (χ0v) is 11.9. The minimum atomic E-state index is 0. The van der Waals surface area contributed by atoms with E-state index in [1.165, 1.54) is 0 Å². The molecular weight excluding hydrogens is 258 g/mol. The Kier molecular flexibility index (Phi) is 8.12. The number of hydrogen-bond acceptors (Lipinski definition) is 4. The van der Waals surface area contributed by atoms with Gasteiger partial charge in [0.05, 0.1) is 10.7 Å². The molecule has 17 heavy (non-hydrogen) atoms. The molecule has 0 bridgehead atoms. The number of nitrogens with two attached hydrogens (primary N) is 1. The average Bonchev–Trinajstić information content (AvgIpc) is 2.67. The van der Waals surface area contributed by atoms with Crippen LogP contribution in [0.25, 0.3) is 0 Å². The Balaban J connectivity index is 0.00000256. The zero-order valence-electron chi connectivity index (χ0n) is 10.2. The van der Waals surface area contributed by atoms with Gasteiger partial charge < -0.3 is 11.1 Å². The molecule has 1 rings (SSSR count). The topological polar surface area (TPSA) is 68.0 Å². The van der Waals surface area contributed by atoms with Crippen molar-refractivity contribution in [1.82, 2.24) is 10.3 Å². The SMILES string of the molecule is CC(C)c1nc(CCNC(=O)CCN)cs1.Cl. The summed E-state index contributed by atoms with van der Waals surface area (Å²) in [5, 5.41) is 6.03. The van der Waals surface area contributed by atoms with Gasteiger partial charge in [0.25, 0.3) is 0 Å². The van der Waals surface area contributed by atoms with Gasteiger partial charge >= 0.3 is 0 Å². The van der Waals surface area contributed by atoms with Crippen LogP contribution >= 0.6 is 23.7 Å². The third kappa shape index (κ3) is 6.00. The van der Waals surface area contributed by atoms with Crippen molar-refractivity contribution >= 4 is 29.7 Å². The Morgan fingerprint density at radius 3 is 2.82 bits per heavy atom. The molecule has 0 saturated heterocycles. The molecule has 0 aromatic carbocycles. The van der Waals surface area contributed by atoms with Gasteiger partial charge in [-0.25, -0.2) is 4.98 Å². The van der Waals surface area contributed by atoms with E-state index in [9.17, 15) is 4.79 Å². The Morgan fingerprint density at radius 2 is 2.29 bits per heavy atom. The van der Waals surface area contributed by atoms with Gasteiger partial charge in [0.15, 0.2) is 0 Å². The maximum atomic E-state index is 11.1. The van der Waals surface area contributed by atoms with E-state index in [0.717, 1.165) is 17.1 Å². The second-order valence-corrected chi connectivity index (χ2v) is 4.86. The van der Waals surface area contributed by atoms with Gasteiger partial charge in [-0.3, -0.25) is 4.79 Å². The van der Waals surface area contributed by atoms with Crippen molar-refractivity contribution in [3.8, 4) is 0 Å². The zero-order chi connectivity index (χ0) is 12.0. The largest absolute Gasteiger partial charge is 0.356 e. The van der Waals surface area contributed by atoms with E-state index in [2.05, 4.69) is 29.5 Å². The second kappa shape index (κ2) is 8.44. The smallest absolute Gasteiger partial charge is 0.221 e. The fraction of sp³-hybridized carbons (Fsp3) is 0.636. The van der Waals surface area contributed by atoms with Gasteiger partial charge in [-0.1, -0.05) is 13.8 Å². The summed E-state index contributed by atoms with van der Waals surface area (Å²) in [6.07, 6.45) is 1.19. The summed E-state index contributed by atoms with van der Waals surface area (Å²) >= 11 is 1.68. The first kappa shape index (κ1) is 16.4. The van der Waals surface area contributed by atoms with E-state index in [0.29, 0.717) is 25.4 Å². The molecule has 1 aromatic heterocycles. The number of halogens is 1. The molecule has 1 heterocycles. The molecule has 0 atom stereocenters. The summed E-state index contributed by atoms with van der Waals surface area (Å²) in [5.41, 5.74) is 6.33. The van der Waals surface area contributed by atoms with Gasteiger partial charge in [-0.2, -0.15) is 0 Å². The number of hydrogen-bond donors (Lipinski definition) is 2. The predicted octanol–water partition coefficient (Wildman–Crippen LogP) is 1.70. The third-order valence-electron chi connectivity index (χ3n) is 2.14. The highest BCUT2D eigenvalue weighted by Gasteiger charge is 2.06. The highest BCUT2D eigenvalue weighted by molar-refractivity contribution is 7.09. The van der Waals surface area contributed by atoms with Crippen molar-refractivity contribution in [2.24, 2.45) is 5.73 Å². The van der Waals surface area contributed by atoms with Crippen LogP contribution in [0.2, 0.25) is 0 Å². The van der Waals surface area contributed by atoms with Crippen LogP contribution in [0.1, 0.15) is 36.9 Å². The normalized spacial score (nSPS) is 10.1. The number of nitrogens with zero attached hydrogens (tertiary/aromatic N) is 1. The summed E-state index contributed by atoms with van der Waals surface area (Å²) in [5.74, 6) is 0.493. The molecule has 6 heteroatoms. The van der Waals surface area contributed by atoms with E-state index >= 15 is 0 Å². The quantitative estimate of drug-likeness (QED) is 0.832. The highest BCUT2D eigenvalue weighted by atomic mass is 35.5. The second-order valence-electron chi connectivity index (χ2n) is 3.97. The van der Waals surface area contributed by atoms with Gasteiger partial charge in [0.1, 0.15) is 0 Å². The van der Waals surface area contributed by atoms with E-state index in [4.69, 9.17) is 5.73 Å². The van der Waals surface area contributed by atoms with Crippen LogP contribution in [0.15, 0.2) is 5.38 Å². The lowest BCUT2D eigenvalue weighted by Crippen LogP contribution is -2.27. The molecule has 0 aliphatic heterocycles. The standard InChI is InChI=1S/C11H19N3OS.ClH/c1-8(2)11-14-9(7-16-11)4-6-13-10(15)3-5-12;/h7-8H,3-6,12H2,1-2H3,(H,13,15);1H. The molecule has 4 nitrogen and oxygen atoms in total. The maximum Gasteiger partial charge on any atom is 0.221 e. The van der Waals surface area contributed by atoms with Crippen molar-refractivity contribution in [2.75, 3.05) is 13.1 Å². The van der Waals surface area contributed by atoms with Gasteiger partial charge in [-0.15, -0.1) is 23.7 Å². The van der Waals surface area contributed by atoms with E-state index in [1.807, 2.05) is 0 Å². The van der Waals surface area contributed by atoms with Crippen molar-refractivity contribution in [1.29, 1.82) is 0 Å². The van der Waals surface area contributed by atoms with E-state index in [1.54, 1.807) is 11.3 Å². The minimum Gasteiger partial charge on any atom is -0.356 e. The third-order valence-corrected chi connectivity index (χ3v) is 3.33. The maximum absolute atomic E-state index is 11.1. The Labute approximate surface area is 112 Å². The molecule has 0 radical (unpaired) electrons. The van der Waals surface area contributed by atoms with Crippen molar-refractivity contribution < 1.29 is 4.79 Å². The molecular formula is C11H20ClN3OS. The van der Waals surface area contributed by atoms with Gasteiger partial charge in [0, 0.05) is 37.2 Å². The number of carbonyl (C=O) groups excluding carboxylic acids is 1. The van der Waals surface area contributed by atoms with Gasteiger partial charge in [-0.05, 0) is 0 Å². The summed E-state index contributed by atoms with van der Waals surface area (Å²) < 4.78 is 0. The lowest BCUT2D eigenvalue weighted by atomic mass is 10.2. The molecule has 1 aromatic rings. The van der Waals surface area contributed by atoms with Crippen LogP contribution in [0.3, 0.4) is 0 Å². The van der Waals surface area contributed by atoms with Crippen LogP contribution < -0.4 is 11.1 Å². The number of rotatable bonds is 6. The van der Waals surface area contributed by atoms with Crippen molar-refractivity contribution in [3.63, 3.8) is 0 Å². The molecule has 98 valence electrons. The Morgan fingerprint density at radius 1 is 1.59 bits per heavy atom. The number of amides is 1. The van der Waals surface area contributed by atoms with Crippen LogP contribution in [-0.4, -0.2) is 24.0 Å². The van der Waals surface area contributed by atoms with Gasteiger partial charge in [0.2, 0.25) is 5.91 Å². The fourth-order valence-corrected chi connectivity index (χ4v) is 2.12. The van der Waals surface area contributed by atoms with E-state index < -0.39 is 0 Å². The molecule has 3 N–H and O–H groups in total. The molecule has 0 saturated carbocycles. The monoisotopic (exact) mass is 277 g/mol. The highest BCUT2D eigenvalue weighted by Crippen LogP contribution is 2.19. The van der Waals surface area contributed by atoms with Crippen LogP contribution in [0.5, 0.6) is 0 Å². The van der Waals surface area contributed by atoms with E-state index in [-0.39, 0.29) is 18.3 Å². The first-order valence-corrected chi connectivity index (χ1v) is 6.42. The number of aromatic nitrogens is 1. The Hall–Kier alpha value is -0.650. The summed E-state index contributed by atoms with van der Waals surface area (Å²) in [6.45, 7) is 5.30. The van der Waals surface area contributed by atoms with Crippen molar-refractivity contribution in [2.45, 2.75) is 32.6 Å². The van der Waals surface area contributed by atoms with Crippen LogP contribution in [0, 0.1) is 0 Å². The first-order valence-electron chi connectivity index (χ1n) is 5.54. The van der Waals surface area contributed by atoms with Crippen LogP contribution in [-0.2, 0) is 11.2 Å². The summed E-state index contributed by atoms with van der Waals surface area (Å²) in [4.78, 5) is 15.6. The lowest BCUT2D eigenvalue weighted by molar-refractivity contribution is -0.120. The minimum absolute atomic E-state index is 0. The fourth-order valence-electron chi connectivity index (χ4n) is 1.25. The Bertz CT molecular complexity index is 341. The average molecular weight is 278 g/mol. The first-order chi connectivity index (χ1) is 7.63. The molecule has 1 amide bonds. The van der Waals surface area contributed by atoms with Crippen molar-refractivity contribution in [3.05, 3.63) is 16.1 Å².